The maximum absolute atomic E-state index is 12.4. The molecule has 9 heteroatoms. The Balaban J connectivity index is 1.95. The number of carboxylic acid groups (broad SMARTS) is 1. The van der Waals surface area contributed by atoms with E-state index in [1.165, 1.54) is 17.0 Å². The van der Waals surface area contributed by atoms with Crippen LogP contribution in [-0.4, -0.2) is 44.1 Å². The lowest BCUT2D eigenvalue weighted by atomic mass is 10.2. The molecule has 2 aromatic heterocycles. The van der Waals surface area contributed by atoms with Gasteiger partial charge in [0.1, 0.15) is 17.6 Å². The van der Waals surface area contributed by atoms with Crippen LogP contribution in [0.1, 0.15) is 16.2 Å². The predicted octanol–water partition coefficient (Wildman–Crippen LogP) is 1.62. The molecule has 0 bridgehead atoms. The number of nitrogens with zero attached hydrogens (tertiary/aromatic N) is 4. The Morgan fingerprint density at radius 1 is 1.22 bits per heavy atom. The van der Waals surface area contributed by atoms with Crippen molar-refractivity contribution in [1.29, 1.82) is 0 Å². The summed E-state index contributed by atoms with van der Waals surface area (Å²) in [6.07, 6.45) is 4.28. The standard InChI is InChI=1S/C18H18N4O5/c1-26-8-7-22-12-19-20-16(22)11-21-9-14(18(24)25)17(23)15(10-21)27-13-5-3-2-4-6-13/h2-6,9-10,12H,7-8,11H2,1H3,(H,24,25). The molecule has 2 heterocycles. The largest absolute Gasteiger partial charge is 0.477 e. The minimum absolute atomic E-state index is 0.0796. The number of aromatic carboxylic acids is 1. The summed E-state index contributed by atoms with van der Waals surface area (Å²) >= 11 is 0. The average Bonchev–Trinajstić information content (AvgIpc) is 3.10. The molecule has 0 amide bonds. The Morgan fingerprint density at radius 2 is 2.00 bits per heavy atom. The summed E-state index contributed by atoms with van der Waals surface area (Å²) in [7, 11) is 1.60. The highest BCUT2D eigenvalue weighted by Gasteiger charge is 2.16. The van der Waals surface area contributed by atoms with Gasteiger partial charge in [0.2, 0.25) is 5.43 Å². The van der Waals surface area contributed by atoms with E-state index in [1.54, 1.807) is 42.3 Å². The lowest BCUT2D eigenvalue weighted by Crippen LogP contribution is -2.20. The van der Waals surface area contributed by atoms with E-state index in [0.29, 0.717) is 24.7 Å². The van der Waals surface area contributed by atoms with Crippen LogP contribution in [0.15, 0.2) is 53.8 Å². The number of carboxylic acids is 1. The van der Waals surface area contributed by atoms with Gasteiger partial charge in [-0.25, -0.2) is 4.79 Å². The quantitative estimate of drug-likeness (QED) is 0.642. The van der Waals surface area contributed by atoms with E-state index >= 15 is 0 Å². The van der Waals surface area contributed by atoms with E-state index < -0.39 is 11.4 Å². The Bertz CT molecular complexity index is 981. The topological polar surface area (TPSA) is 108 Å². The van der Waals surface area contributed by atoms with Crippen LogP contribution in [0.4, 0.5) is 0 Å². The first kappa shape index (κ1) is 18.3. The minimum atomic E-state index is -1.33. The summed E-state index contributed by atoms with van der Waals surface area (Å²) in [6, 6.07) is 8.68. The van der Waals surface area contributed by atoms with Crippen molar-refractivity contribution in [2.45, 2.75) is 13.1 Å². The van der Waals surface area contributed by atoms with Crippen molar-refractivity contribution < 1.29 is 19.4 Å². The monoisotopic (exact) mass is 370 g/mol. The molecule has 0 saturated carbocycles. The Labute approximate surface area is 154 Å². The molecule has 0 unspecified atom stereocenters. The molecule has 0 aliphatic rings. The van der Waals surface area contributed by atoms with E-state index in [4.69, 9.17) is 9.47 Å². The molecule has 9 nitrogen and oxygen atoms in total. The third-order valence-electron chi connectivity index (χ3n) is 3.80. The Kier molecular flexibility index (Phi) is 5.62. The van der Waals surface area contributed by atoms with Gasteiger partial charge >= 0.3 is 5.97 Å². The van der Waals surface area contributed by atoms with Gasteiger partial charge < -0.3 is 23.7 Å². The molecule has 0 aliphatic carbocycles. The van der Waals surface area contributed by atoms with Crippen molar-refractivity contribution in [3.05, 3.63) is 70.7 Å². The zero-order valence-corrected chi connectivity index (χ0v) is 14.6. The molecular weight excluding hydrogens is 352 g/mol. The van der Waals surface area contributed by atoms with Gasteiger partial charge in [-0.15, -0.1) is 10.2 Å². The van der Waals surface area contributed by atoms with Crippen LogP contribution < -0.4 is 10.2 Å². The van der Waals surface area contributed by atoms with Gasteiger partial charge in [0, 0.05) is 19.9 Å². The highest BCUT2D eigenvalue weighted by Crippen LogP contribution is 2.18. The van der Waals surface area contributed by atoms with Gasteiger partial charge in [-0.3, -0.25) is 4.79 Å². The fraction of sp³-hybridized carbons (Fsp3) is 0.222. The maximum Gasteiger partial charge on any atom is 0.341 e. The van der Waals surface area contributed by atoms with Crippen molar-refractivity contribution >= 4 is 5.97 Å². The van der Waals surface area contributed by atoms with E-state index in [-0.39, 0.29) is 17.9 Å². The lowest BCUT2D eigenvalue weighted by molar-refractivity contribution is 0.0694. The third-order valence-corrected chi connectivity index (χ3v) is 3.80. The Morgan fingerprint density at radius 3 is 2.70 bits per heavy atom. The summed E-state index contributed by atoms with van der Waals surface area (Å²) < 4.78 is 14.0. The van der Waals surface area contributed by atoms with Crippen LogP contribution in [0.5, 0.6) is 11.5 Å². The van der Waals surface area contributed by atoms with Gasteiger partial charge in [-0.05, 0) is 12.1 Å². The number of rotatable bonds is 8. The fourth-order valence-corrected chi connectivity index (χ4v) is 2.48. The van der Waals surface area contributed by atoms with Crippen molar-refractivity contribution in [2.75, 3.05) is 13.7 Å². The summed E-state index contributed by atoms with van der Waals surface area (Å²) in [5, 5.41) is 17.3. The number of para-hydroxylation sites is 1. The fourth-order valence-electron chi connectivity index (χ4n) is 2.48. The van der Waals surface area contributed by atoms with Gasteiger partial charge in [-0.1, -0.05) is 18.2 Å². The van der Waals surface area contributed by atoms with E-state index in [1.807, 2.05) is 6.07 Å². The maximum atomic E-state index is 12.4. The molecule has 1 aromatic carbocycles. The Hall–Kier alpha value is -3.46. The molecule has 0 aliphatic heterocycles. The molecule has 0 fully saturated rings. The average molecular weight is 370 g/mol. The van der Waals surface area contributed by atoms with Crippen LogP contribution in [0.3, 0.4) is 0 Å². The van der Waals surface area contributed by atoms with Gasteiger partial charge in [0.25, 0.3) is 0 Å². The number of methoxy groups -OCH3 is 1. The number of carbonyl (C=O) groups is 1. The SMILES string of the molecule is COCCn1cnnc1Cn1cc(Oc2ccccc2)c(=O)c(C(=O)O)c1. The van der Waals surface area contributed by atoms with Gasteiger partial charge in [-0.2, -0.15) is 0 Å². The number of pyridine rings is 1. The molecule has 27 heavy (non-hydrogen) atoms. The second-order valence-electron chi connectivity index (χ2n) is 5.69. The van der Waals surface area contributed by atoms with Crippen LogP contribution >= 0.6 is 0 Å². The van der Waals surface area contributed by atoms with Crippen LogP contribution in [0, 0.1) is 0 Å². The molecule has 1 N–H and O–H groups in total. The first-order chi connectivity index (χ1) is 13.1. The number of hydrogen-bond donors (Lipinski definition) is 1. The van der Waals surface area contributed by atoms with E-state index in [0.717, 1.165) is 0 Å². The highest BCUT2D eigenvalue weighted by molar-refractivity contribution is 5.87. The molecule has 140 valence electrons. The molecule has 0 atom stereocenters. The van der Waals surface area contributed by atoms with Crippen molar-refractivity contribution in [2.24, 2.45) is 0 Å². The van der Waals surface area contributed by atoms with E-state index in [2.05, 4.69) is 10.2 Å². The van der Waals surface area contributed by atoms with Crippen LogP contribution in [-0.2, 0) is 17.8 Å². The summed E-state index contributed by atoms with van der Waals surface area (Å²) in [5.74, 6) is -0.373. The zero-order chi connectivity index (χ0) is 19.2. The molecule has 3 aromatic rings. The predicted molar refractivity (Wildman–Crippen MR) is 95.2 cm³/mol. The van der Waals surface area contributed by atoms with Crippen molar-refractivity contribution in [1.82, 2.24) is 19.3 Å². The normalized spacial score (nSPS) is 10.7. The van der Waals surface area contributed by atoms with Crippen LogP contribution in [0.2, 0.25) is 0 Å². The van der Waals surface area contributed by atoms with Crippen molar-refractivity contribution in [3.8, 4) is 11.5 Å². The molecule has 0 saturated heterocycles. The van der Waals surface area contributed by atoms with Gasteiger partial charge in [0.05, 0.1) is 19.3 Å². The molecule has 3 rings (SSSR count). The zero-order valence-electron chi connectivity index (χ0n) is 14.6. The van der Waals surface area contributed by atoms with E-state index in [9.17, 15) is 14.7 Å². The molecule has 0 spiro atoms. The number of ether oxygens (including phenoxy) is 2. The highest BCUT2D eigenvalue weighted by atomic mass is 16.5. The summed E-state index contributed by atoms with van der Waals surface area (Å²) in [6.45, 7) is 1.26. The summed E-state index contributed by atoms with van der Waals surface area (Å²) in [5.41, 5.74) is -1.07. The first-order valence-corrected chi connectivity index (χ1v) is 8.14. The molecule has 0 radical (unpaired) electrons. The second-order valence-corrected chi connectivity index (χ2v) is 5.69. The lowest BCUT2D eigenvalue weighted by Gasteiger charge is -2.12. The summed E-state index contributed by atoms with van der Waals surface area (Å²) in [4.78, 5) is 23.9. The van der Waals surface area contributed by atoms with Crippen molar-refractivity contribution in [3.63, 3.8) is 0 Å². The third kappa shape index (κ3) is 4.39. The van der Waals surface area contributed by atoms with Gasteiger partial charge in [0.15, 0.2) is 11.6 Å². The van der Waals surface area contributed by atoms with Crippen LogP contribution in [0.25, 0.3) is 0 Å². The first-order valence-electron chi connectivity index (χ1n) is 8.14. The second kappa shape index (κ2) is 8.28. The number of aromatic nitrogens is 4. The minimum Gasteiger partial charge on any atom is -0.477 e. The smallest absolute Gasteiger partial charge is 0.341 e. The number of hydrogen-bond acceptors (Lipinski definition) is 6. The number of benzene rings is 1. The molecular formula is C18H18N4O5.